The zero-order valence-electron chi connectivity index (χ0n) is 18.9. The average molecular weight is 505 g/mol. The minimum Gasteiger partial charge on any atom is -0.455 e. The maximum atomic E-state index is 11.1. The maximum absolute atomic E-state index is 11.1. The van der Waals surface area contributed by atoms with Gasteiger partial charge in [-0.05, 0) is 59.6 Å². The lowest BCUT2D eigenvalue weighted by Gasteiger charge is -2.12. The van der Waals surface area contributed by atoms with Gasteiger partial charge >= 0.3 is 0 Å². The van der Waals surface area contributed by atoms with E-state index in [0.29, 0.717) is 27.9 Å². The van der Waals surface area contributed by atoms with Crippen LogP contribution in [0.25, 0.3) is 22.6 Å². The predicted octanol–water partition coefficient (Wildman–Crippen LogP) is 5.64. The van der Waals surface area contributed by atoms with Gasteiger partial charge in [-0.25, -0.2) is 9.61 Å². The lowest BCUT2D eigenvalue weighted by Crippen LogP contribution is -2.04. The molecule has 0 saturated carbocycles. The van der Waals surface area contributed by atoms with Gasteiger partial charge in [-0.3, -0.25) is 15.5 Å². The Morgan fingerprint density at radius 1 is 1.06 bits per heavy atom. The van der Waals surface area contributed by atoms with Crippen molar-refractivity contribution in [3.8, 4) is 11.3 Å². The van der Waals surface area contributed by atoms with Gasteiger partial charge in [0.15, 0.2) is 11.6 Å². The summed E-state index contributed by atoms with van der Waals surface area (Å²) in [5.41, 5.74) is 6.59. The number of nitro groups is 1. The number of hydrogen-bond donors (Lipinski definition) is 2. The number of halogens is 1. The first-order valence-corrected chi connectivity index (χ1v) is 10.9. The Bertz CT molecular complexity index is 1630. The first-order valence-electron chi connectivity index (χ1n) is 10.6. The number of hydrogen-bond acceptors (Lipinski definition) is 11. The number of hydrazone groups is 1. The Labute approximate surface area is 208 Å². The highest BCUT2D eigenvalue weighted by Crippen LogP contribution is 2.32. The van der Waals surface area contributed by atoms with Gasteiger partial charge in [0.05, 0.1) is 16.2 Å². The van der Waals surface area contributed by atoms with Crippen LogP contribution < -0.4 is 10.7 Å². The predicted molar refractivity (Wildman–Crippen MR) is 134 cm³/mol. The van der Waals surface area contributed by atoms with Crippen LogP contribution in [0.3, 0.4) is 0 Å². The van der Waals surface area contributed by atoms with Crippen LogP contribution in [-0.4, -0.2) is 31.4 Å². The number of rotatable bonds is 7. The molecule has 2 aromatic carbocycles. The van der Waals surface area contributed by atoms with Crippen LogP contribution in [0, 0.1) is 24.0 Å². The second-order valence-electron chi connectivity index (χ2n) is 7.70. The third kappa shape index (κ3) is 4.57. The van der Waals surface area contributed by atoms with E-state index >= 15 is 0 Å². The van der Waals surface area contributed by atoms with E-state index in [4.69, 9.17) is 20.6 Å². The highest BCUT2D eigenvalue weighted by Gasteiger charge is 2.15. The van der Waals surface area contributed by atoms with E-state index in [-0.39, 0.29) is 22.8 Å². The van der Waals surface area contributed by atoms with E-state index < -0.39 is 4.92 Å². The zero-order valence-corrected chi connectivity index (χ0v) is 19.6. The molecule has 5 aromatic rings. The largest absolute Gasteiger partial charge is 0.455 e. The number of non-ortho nitro benzene ring substituents is 1. The number of furan rings is 1. The highest BCUT2D eigenvalue weighted by molar-refractivity contribution is 6.33. The molecule has 0 radical (unpaired) electrons. The van der Waals surface area contributed by atoms with E-state index in [1.165, 1.54) is 24.4 Å². The molecule has 12 nitrogen and oxygen atoms in total. The third-order valence-corrected chi connectivity index (χ3v) is 5.72. The van der Waals surface area contributed by atoms with Crippen molar-refractivity contribution in [3.63, 3.8) is 0 Å². The number of nitrogens with one attached hydrogen (secondary N) is 2. The standard InChI is InChI=1S/C23H17ClN8O4/c1-12-4-3-5-18(13(12)2)26-20-21(28-23-22(27-20)30-36-31-23)29-25-11-15-7-9-19(35-15)16-10-14(32(33)34)6-8-17(16)24/h3-11H,1-2H3,(H,26,27,30)(H,28,29,31). The van der Waals surface area contributed by atoms with Gasteiger partial charge in [0.1, 0.15) is 11.5 Å². The molecule has 36 heavy (non-hydrogen) atoms. The fraction of sp³-hybridized carbons (Fsp3) is 0.0870. The summed E-state index contributed by atoms with van der Waals surface area (Å²) in [5.74, 6) is 1.38. The van der Waals surface area contributed by atoms with Gasteiger partial charge in [0.2, 0.25) is 11.3 Å². The Balaban J connectivity index is 1.40. The van der Waals surface area contributed by atoms with Crippen molar-refractivity contribution in [1.29, 1.82) is 0 Å². The fourth-order valence-electron chi connectivity index (χ4n) is 3.36. The Kier molecular flexibility index (Phi) is 6.00. The Hall–Kier alpha value is -4.84. The minimum absolute atomic E-state index is 0.0946. The molecule has 0 amide bonds. The molecule has 0 aliphatic carbocycles. The molecular weight excluding hydrogens is 488 g/mol. The summed E-state index contributed by atoms with van der Waals surface area (Å²) in [6, 6.07) is 13.3. The van der Waals surface area contributed by atoms with E-state index in [0.717, 1.165) is 16.8 Å². The molecule has 0 unspecified atom stereocenters. The zero-order chi connectivity index (χ0) is 25.2. The number of fused-ring (bicyclic) bond motifs is 1. The summed E-state index contributed by atoms with van der Waals surface area (Å²) >= 11 is 6.20. The average Bonchev–Trinajstić information content (AvgIpc) is 3.51. The van der Waals surface area contributed by atoms with Crippen molar-refractivity contribution >= 4 is 52.1 Å². The first kappa shape index (κ1) is 22.9. The van der Waals surface area contributed by atoms with Gasteiger partial charge in [0, 0.05) is 23.4 Å². The van der Waals surface area contributed by atoms with Gasteiger partial charge in [-0.15, -0.1) is 0 Å². The second-order valence-corrected chi connectivity index (χ2v) is 8.11. The highest BCUT2D eigenvalue weighted by atomic mass is 35.5. The van der Waals surface area contributed by atoms with E-state index in [1.54, 1.807) is 12.1 Å². The van der Waals surface area contributed by atoms with Crippen molar-refractivity contribution in [2.75, 3.05) is 10.7 Å². The molecule has 0 spiro atoms. The molecule has 0 atom stereocenters. The fourth-order valence-corrected chi connectivity index (χ4v) is 3.57. The first-order chi connectivity index (χ1) is 17.4. The van der Waals surface area contributed by atoms with Crippen LogP contribution in [0.2, 0.25) is 5.02 Å². The molecule has 2 N–H and O–H groups in total. The summed E-state index contributed by atoms with van der Waals surface area (Å²) < 4.78 is 10.5. The SMILES string of the molecule is Cc1cccc(Nc2nc3nonc3nc2NN=Cc2ccc(-c3cc([N+](=O)[O-])ccc3Cl)o2)c1C. The van der Waals surface area contributed by atoms with Crippen LogP contribution in [0.15, 0.2) is 62.7 Å². The molecular formula is C23H17ClN8O4. The normalized spacial score (nSPS) is 11.3. The molecule has 3 heterocycles. The topological polar surface area (TPSA) is 157 Å². The summed E-state index contributed by atoms with van der Waals surface area (Å²) in [6.07, 6.45) is 1.42. The van der Waals surface area contributed by atoms with Crippen molar-refractivity contribution in [3.05, 3.63) is 80.6 Å². The number of benzene rings is 2. The molecule has 0 bridgehead atoms. The smallest absolute Gasteiger partial charge is 0.270 e. The van der Waals surface area contributed by atoms with Crippen LogP contribution in [-0.2, 0) is 0 Å². The molecule has 0 saturated heterocycles. The maximum Gasteiger partial charge on any atom is 0.270 e. The van der Waals surface area contributed by atoms with Gasteiger partial charge < -0.3 is 9.73 Å². The molecule has 0 fully saturated rings. The lowest BCUT2D eigenvalue weighted by atomic mass is 10.1. The van der Waals surface area contributed by atoms with E-state index in [9.17, 15) is 10.1 Å². The monoisotopic (exact) mass is 504 g/mol. The summed E-state index contributed by atoms with van der Waals surface area (Å²) in [5, 5.41) is 26.3. The molecule has 5 rings (SSSR count). The summed E-state index contributed by atoms with van der Waals surface area (Å²) in [4.78, 5) is 19.4. The molecule has 3 aromatic heterocycles. The van der Waals surface area contributed by atoms with Crippen LogP contribution in [0.1, 0.15) is 16.9 Å². The van der Waals surface area contributed by atoms with Crippen molar-refractivity contribution in [2.45, 2.75) is 13.8 Å². The van der Waals surface area contributed by atoms with Crippen molar-refractivity contribution < 1.29 is 14.0 Å². The molecule has 0 aliphatic heterocycles. The molecule has 0 aliphatic rings. The summed E-state index contributed by atoms with van der Waals surface area (Å²) in [6.45, 7) is 4.01. The van der Waals surface area contributed by atoms with Crippen molar-refractivity contribution in [1.82, 2.24) is 20.3 Å². The second kappa shape index (κ2) is 9.43. The van der Waals surface area contributed by atoms with Gasteiger partial charge in [0.25, 0.3) is 5.69 Å². The number of nitro benzene ring substituents is 1. The van der Waals surface area contributed by atoms with Crippen LogP contribution >= 0.6 is 11.6 Å². The summed E-state index contributed by atoms with van der Waals surface area (Å²) in [7, 11) is 0. The van der Waals surface area contributed by atoms with E-state index in [2.05, 4.69) is 36.1 Å². The van der Waals surface area contributed by atoms with Gasteiger partial charge in [-0.2, -0.15) is 10.1 Å². The number of aryl methyl sites for hydroxylation is 1. The van der Waals surface area contributed by atoms with E-state index in [1.807, 2.05) is 32.0 Å². The van der Waals surface area contributed by atoms with Gasteiger partial charge in [-0.1, -0.05) is 23.7 Å². The van der Waals surface area contributed by atoms with Crippen molar-refractivity contribution in [2.24, 2.45) is 5.10 Å². The lowest BCUT2D eigenvalue weighted by molar-refractivity contribution is -0.384. The number of anilines is 3. The number of aromatic nitrogens is 4. The number of nitrogens with zero attached hydrogens (tertiary/aromatic N) is 6. The minimum atomic E-state index is -0.499. The van der Waals surface area contributed by atoms with Crippen LogP contribution in [0.5, 0.6) is 0 Å². The third-order valence-electron chi connectivity index (χ3n) is 5.39. The Morgan fingerprint density at radius 3 is 2.61 bits per heavy atom. The molecule has 13 heteroatoms. The molecule has 180 valence electrons. The quantitative estimate of drug-likeness (QED) is 0.161. The Morgan fingerprint density at radius 2 is 1.83 bits per heavy atom. The van der Waals surface area contributed by atoms with Crippen LogP contribution in [0.4, 0.5) is 23.0 Å².